The number of rotatable bonds is 4. The Bertz CT molecular complexity index is 357. The van der Waals surface area contributed by atoms with Gasteiger partial charge in [-0.3, -0.25) is 0 Å². The van der Waals surface area contributed by atoms with Gasteiger partial charge in [0.05, 0.1) is 11.4 Å². The Balaban J connectivity index is 2.09. The molecule has 0 amide bonds. The van der Waals surface area contributed by atoms with Gasteiger partial charge in [0.1, 0.15) is 12.2 Å². The second-order valence-corrected chi connectivity index (χ2v) is 6.50. The molecule has 6 heteroatoms. The summed E-state index contributed by atoms with van der Waals surface area (Å²) in [4.78, 5) is 12.0. The molecule has 0 aromatic heterocycles. The number of ether oxygens (including phenoxy) is 4. The number of esters is 1. The molecular weight excluding hydrogens is 328 g/mol. The Morgan fingerprint density at radius 3 is 2.55 bits per heavy atom. The first-order valence-electron chi connectivity index (χ1n) is 7.17. The first kappa shape index (κ1) is 16.2. The average molecular weight is 351 g/mol. The van der Waals surface area contributed by atoms with Crippen molar-refractivity contribution in [2.24, 2.45) is 5.92 Å². The quantitative estimate of drug-likeness (QED) is 0.575. The van der Waals surface area contributed by atoms with Gasteiger partial charge < -0.3 is 18.9 Å². The van der Waals surface area contributed by atoms with Crippen LogP contribution >= 0.6 is 15.9 Å². The molecule has 0 bridgehead atoms. The SMILES string of the molecule is CCC1(CC)OC[C@H]([C@@H]2OC(=O)[C@H](OC)[C@@H](C)[C@H]2Br)O1. The molecule has 0 saturated carbocycles. The molecular formula is C14H23BrO5. The van der Waals surface area contributed by atoms with Crippen LogP contribution in [0, 0.1) is 5.92 Å². The van der Waals surface area contributed by atoms with E-state index in [0.29, 0.717) is 6.61 Å². The summed E-state index contributed by atoms with van der Waals surface area (Å²) in [5.74, 6) is -0.839. The summed E-state index contributed by atoms with van der Waals surface area (Å²) in [5, 5.41) is 0. The molecule has 5 nitrogen and oxygen atoms in total. The van der Waals surface area contributed by atoms with E-state index in [2.05, 4.69) is 15.9 Å². The van der Waals surface area contributed by atoms with E-state index in [1.54, 1.807) is 0 Å². The van der Waals surface area contributed by atoms with Crippen LogP contribution in [-0.4, -0.2) is 48.6 Å². The fourth-order valence-corrected chi connectivity index (χ4v) is 3.63. The highest BCUT2D eigenvalue weighted by Gasteiger charge is 2.51. The second-order valence-electron chi connectivity index (χ2n) is 5.45. The van der Waals surface area contributed by atoms with Crippen LogP contribution in [0.3, 0.4) is 0 Å². The molecule has 20 heavy (non-hydrogen) atoms. The van der Waals surface area contributed by atoms with Crippen LogP contribution in [0.5, 0.6) is 0 Å². The lowest BCUT2D eigenvalue weighted by molar-refractivity contribution is -0.201. The number of hydrogen-bond donors (Lipinski definition) is 0. The van der Waals surface area contributed by atoms with Crippen LogP contribution in [-0.2, 0) is 23.7 Å². The average Bonchev–Trinajstić information content (AvgIpc) is 2.88. The van der Waals surface area contributed by atoms with Gasteiger partial charge in [-0.05, 0) is 12.8 Å². The topological polar surface area (TPSA) is 54.0 Å². The number of halogens is 1. The number of hydrogen-bond acceptors (Lipinski definition) is 5. The van der Waals surface area contributed by atoms with Gasteiger partial charge in [-0.1, -0.05) is 36.7 Å². The van der Waals surface area contributed by atoms with Crippen molar-refractivity contribution in [2.75, 3.05) is 13.7 Å². The van der Waals surface area contributed by atoms with Crippen LogP contribution in [0.25, 0.3) is 0 Å². The number of cyclic esters (lactones) is 1. The first-order valence-corrected chi connectivity index (χ1v) is 8.08. The molecule has 0 aromatic rings. The van der Waals surface area contributed by atoms with E-state index in [-0.39, 0.29) is 28.9 Å². The lowest BCUT2D eigenvalue weighted by atomic mass is 9.92. The smallest absolute Gasteiger partial charge is 0.335 e. The maximum atomic E-state index is 12.0. The fraction of sp³-hybridized carbons (Fsp3) is 0.929. The van der Waals surface area contributed by atoms with Crippen molar-refractivity contribution < 1.29 is 23.7 Å². The molecule has 0 aromatic carbocycles. The van der Waals surface area contributed by atoms with Gasteiger partial charge in [0, 0.05) is 13.0 Å². The van der Waals surface area contributed by atoms with Crippen LogP contribution in [0.2, 0.25) is 0 Å². The molecule has 116 valence electrons. The highest BCUT2D eigenvalue weighted by molar-refractivity contribution is 9.09. The van der Waals surface area contributed by atoms with Crippen LogP contribution in [0.1, 0.15) is 33.6 Å². The zero-order valence-electron chi connectivity index (χ0n) is 12.4. The van der Waals surface area contributed by atoms with E-state index in [9.17, 15) is 4.79 Å². The van der Waals surface area contributed by atoms with Gasteiger partial charge in [0.2, 0.25) is 0 Å². The van der Waals surface area contributed by atoms with Gasteiger partial charge in [0.25, 0.3) is 0 Å². The highest BCUT2D eigenvalue weighted by Crippen LogP contribution is 2.38. The molecule has 2 aliphatic rings. The maximum absolute atomic E-state index is 12.0. The van der Waals surface area contributed by atoms with Crippen LogP contribution in [0.4, 0.5) is 0 Å². The normalized spacial score (nSPS) is 40.6. The third kappa shape index (κ3) is 2.75. The van der Waals surface area contributed by atoms with Gasteiger partial charge in [-0.15, -0.1) is 0 Å². The van der Waals surface area contributed by atoms with Gasteiger partial charge in [-0.2, -0.15) is 0 Å². The summed E-state index contributed by atoms with van der Waals surface area (Å²) < 4.78 is 22.6. The van der Waals surface area contributed by atoms with Crippen molar-refractivity contribution in [1.29, 1.82) is 0 Å². The predicted molar refractivity (Wildman–Crippen MR) is 76.7 cm³/mol. The number of alkyl halides is 1. The molecule has 2 saturated heterocycles. The molecule has 0 unspecified atom stereocenters. The monoisotopic (exact) mass is 350 g/mol. The minimum absolute atomic E-state index is 0.0109. The fourth-order valence-electron chi connectivity index (χ4n) is 2.90. The lowest BCUT2D eigenvalue weighted by Gasteiger charge is -2.39. The zero-order valence-corrected chi connectivity index (χ0v) is 14.0. The van der Waals surface area contributed by atoms with Crippen LogP contribution in [0.15, 0.2) is 0 Å². The zero-order chi connectivity index (χ0) is 14.9. The van der Waals surface area contributed by atoms with Crippen molar-refractivity contribution in [3.63, 3.8) is 0 Å². The molecule has 5 atom stereocenters. The molecule has 2 heterocycles. The maximum Gasteiger partial charge on any atom is 0.335 e. The van der Waals surface area contributed by atoms with Crippen LogP contribution < -0.4 is 0 Å². The van der Waals surface area contributed by atoms with Crippen molar-refractivity contribution in [2.45, 2.75) is 62.5 Å². The summed E-state index contributed by atoms with van der Waals surface area (Å²) in [7, 11) is 1.52. The summed E-state index contributed by atoms with van der Waals surface area (Å²) in [6.45, 7) is 6.50. The van der Waals surface area contributed by atoms with Gasteiger partial charge in [0.15, 0.2) is 11.9 Å². The molecule has 0 radical (unpaired) electrons. The highest BCUT2D eigenvalue weighted by atomic mass is 79.9. The largest absolute Gasteiger partial charge is 0.456 e. The van der Waals surface area contributed by atoms with Crippen molar-refractivity contribution >= 4 is 21.9 Å². The van der Waals surface area contributed by atoms with Gasteiger partial charge >= 0.3 is 5.97 Å². The van der Waals surface area contributed by atoms with Crippen molar-refractivity contribution in [3.8, 4) is 0 Å². The van der Waals surface area contributed by atoms with Gasteiger partial charge in [-0.25, -0.2) is 4.79 Å². The molecule has 2 aliphatic heterocycles. The lowest BCUT2D eigenvalue weighted by Crippen LogP contribution is -2.54. The Morgan fingerprint density at radius 2 is 2.05 bits per heavy atom. The van der Waals surface area contributed by atoms with E-state index < -0.39 is 11.9 Å². The summed E-state index contributed by atoms with van der Waals surface area (Å²) in [6.07, 6.45) is 0.459. The molecule has 2 fully saturated rings. The number of methoxy groups -OCH3 is 1. The minimum atomic E-state index is -0.537. The summed E-state index contributed by atoms with van der Waals surface area (Å²) >= 11 is 3.63. The van der Waals surface area contributed by atoms with E-state index in [1.807, 2.05) is 20.8 Å². The summed E-state index contributed by atoms with van der Waals surface area (Å²) in [5.41, 5.74) is 0. The predicted octanol–water partition coefficient (Wildman–Crippen LogP) is 2.26. The molecule has 0 N–H and O–H groups in total. The Morgan fingerprint density at radius 1 is 1.40 bits per heavy atom. The third-order valence-corrected chi connectivity index (χ3v) is 5.71. The molecule has 0 spiro atoms. The number of carbonyl (C=O) groups excluding carboxylic acids is 1. The second kappa shape index (κ2) is 6.30. The first-order chi connectivity index (χ1) is 9.48. The Kier molecular flexibility index (Phi) is 5.10. The minimum Gasteiger partial charge on any atom is -0.456 e. The standard InChI is InChI=1S/C14H23BrO5/c1-5-14(6-2)18-7-9(20-14)12-10(15)8(3)11(17-4)13(16)19-12/h8-12H,5-7H2,1-4H3/t8-,9+,10+,11+,12-/m0/s1. The van der Waals surface area contributed by atoms with E-state index in [0.717, 1.165) is 12.8 Å². The summed E-state index contributed by atoms with van der Waals surface area (Å²) in [6, 6.07) is 0. The third-order valence-electron chi connectivity index (χ3n) is 4.35. The molecule has 2 rings (SSSR count). The van der Waals surface area contributed by atoms with Crippen molar-refractivity contribution in [1.82, 2.24) is 0 Å². The molecule has 0 aliphatic carbocycles. The van der Waals surface area contributed by atoms with E-state index >= 15 is 0 Å². The Labute approximate surface area is 128 Å². The Hall–Kier alpha value is -0.170. The number of carbonyl (C=O) groups is 1. The van der Waals surface area contributed by atoms with E-state index in [4.69, 9.17) is 18.9 Å². The van der Waals surface area contributed by atoms with Crippen molar-refractivity contribution in [3.05, 3.63) is 0 Å². The van der Waals surface area contributed by atoms with E-state index in [1.165, 1.54) is 7.11 Å².